The van der Waals surface area contributed by atoms with E-state index in [2.05, 4.69) is 24.8 Å². The van der Waals surface area contributed by atoms with Gasteiger partial charge in [0.2, 0.25) is 0 Å². The van der Waals surface area contributed by atoms with Crippen molar-refractivity contribution >= 4 is 5.97 Å². The van der Waals surface area contributed by atoms with Crippen molar-refractivity contribution in [1.29, 1.82) is 0 Å². The minimum Gasteiger partial charge on any atom is -0.497 e. The predicted octanol–water partition coefficient (Wildman–Crippen LogP) is 7.81. The number of benzene rings is 3. The quantitative estimate of drug-likeness (QED) is 0.252. The second-order valence-corrected chi connectivity index (χ2v) is 11.6. The third-order valence-corrected chi connectivity index (χ3v) is 8.59. The number of carboxylic acid groups (broad SMARTS) is 1. The zero-order chi connectivity index (χ0) is 28.2. The van der Waals surface area contributed by atoms with Crippen LogP contribution in [0.2, 0.25) is 0 Å². The molecule has 0 radical (unpaired) electrons. The first kappa shape index (κ1) is 28.2. The molecular formula is C34H40FNO4. The van der Waals surface area contributed by atoms with E-state index < -0.39 is 5.97 Å². The van der Waals surface area contributed by atoms with Gasteiger partial charge in [-0.15, -0.1) is 0 Å². The van der Waals surface area contributed by atoms with Gasteiger partial charge in [-0.05, 0) is 97.5 Å². The second-order valence-electron chi connectivity index (χ2n) is 11.6. The fourth-order valence-electron chi connectivity index (χ4n) is 6.05. The van der Waals surface area contributed by atoms with Crippen molar-refractivity contribution in [3.05, 3.63) is 83.2 Å². The van der Waals surface area contributed by atoms with Crippen molar-refractivity contribution in [1.82, 2.24) is 4.90 Å². The van der Waals surface area contributed by atoms with E-state index in [9.17, 15) is 9.90 Å². The molecule has 1 aliphatic carbocycles. The number of aliphatic carboxylic acids is 1. The van der Waals surface area contributed by atoms with E-state index in [-0.39, 0.29) is 18.2 Å². The number of hydrogen-bond donors (Lipinski definition) is 1. The van der Waals surface area contributed by atoms with Crippen LogP contribution in [0.15, 0.2) is 60.7 Å². The first-order valence-corrected chi connectivity index (χ1v) is 14.5. The number of carbonyl (C=O) groups is 1. The topological polar surface area (TPSA) is 59.0 Å². The molecule has 0 unspecified atom stereocenters. The van der Waals surface area contributed by atoms with E-state index in [1.807, 2.05) is 36.4 Å². The van der Waals surface area contributed by atoms with E-state index in [4.69, 9.17) is 9.47 Å². The molecule has 1 aliphatic heterocycles. The molecule has 5 nitrogen and oxygen atoms in total. The fraction of sp³-hybridized carbons (Fsp3) is 0.441. The Morgan fingerprint density at radius 2 is 1.75 bits per heavy atom. The lowest BCUT2D eigenvalue weighted by Crippen LogP contribution is -2.32. The largest absolute Gasteiger partial charge is 0.497 e. The van der Waals surface area contributed by atoms with Crippen LogP contribution in [0.5, 0.6) is 11.5 Å². The van der Waals surface area contributed by atoms with Crippen molar-refractivity contribution in [3.8, 4) is 22.6 Å². The Hall–Kier alpha value is -3.38. The predicted molar refractivity (Wildman–Crippen MR) is 155 cm³/mol. The lowest BCUT2D eigenvalue weighted by atomic mass is 9.90. The average Bonchev–Trinajstić information content (AvgIpc) is 3.72. The number of methoxy groups -OCH3 is 1. The summed E-state index contributed by atoms with van der Waals surface area (Å²) in [6.07, 6.45) is 5.76. The summed E-state index contributed by atoms with van der Waals surface area (Å²) in [7, 11) is 1.59. The molecule has 6 heteroatoms. The molecule has 0 bridgehead atoms. The van der Waals surface area contributed by atoms with Crippen LogP contribution in [-0.4, -0.2) is 35.2 Å². The number of likely N-dealkylation sites (tertiary alicyclic amines) is 1. The van der Waals surface area contributed by atoms with E-state index in [1.54, 1.807) is 19.2 Å². The lowest BCUT2D eigenvalue weighted by Gasteiger charge is -2.27. The molecule has 1 saturated carbocycles. The summed E-state index contributed by atoms with van der Waals surface area (Å²) in [6, 6.07) is 19.8. The van der Waals surface area contributed by atoms with Crippen LogP contribution in [0.3, 0.4) is 0 Å². The number of hydrogen-bond acceptors (Lipinski definition) is 4. The third kappa shape index (κ3) is 6.84. The number of carboxylic acids is 1. The average molecular weight is 546 g/mol. The Balaban J connectivity index is 1.39. The highest BCUT2D eigenvalue weighted by Crippen LogP contribution is 2.40. The summed E-state index contributed by atoms with van der Waals surface area (Å²) < 4.78 is 26.7. The standard InChI is InChI=1S/C34H40FNO4/c1-22-7-8-23(2)36(22)20-28-16-25(11-13-31(28)32-19-29(39-3)12-14-33(32)35)21-40-30-6-4-5-26(17-30)27(18-34(37)38)15-24-9-10-24/h4-6,11-14,16-17,19,22-24,27H,7-10,15,18,20-21H2,1-3H3,(H,37,38)/t22-,23-,27+/m1/s1. The monoisotopic (exact) mass is 545 g/mol. The SMILES string of the molecule is COc1ccc(F)c(-c2ccc(COc3cccc([C@H](CC(=O)O)CC4CC4)c3)cc2CN2[C@H](C)CC[C@H]2C)c1. The van der Waals surface area contributed by atoms with Gasteiger partial charge in [-0.25, -0.2) is 4.39 Å². The van der Waals surface area contributed by atoms with Gasteiger partial charge in [-0.2, -0.15) is 0 Å². The lowest BCUT2D eigenvalue weighted by molar-refractivity contribution is -0.137. The maximum Gasteiger partial charge on any atom is 0.303 e. The third-order valence-electron chi connectivity index (χ3n) is 8.59. The van der Waals surface area contributed by atoms with Gasteiger partial charge in [0.25, 0.3) is 0 Å². The molecule has 3 aromatic carbocycles. The maximum atomic E-state index is 15.0. The van der Waals surface area contributed by atoms with Gasteiger partial charge < -0.3 is 14.6 Å². The number of halogens is 1. The summed E-state index contributed by atoms with van der Waals surface area (Å²) in [4.78, 5) is 14.0. The second kappa shape index (κ2) is 12.4. The molecule has 2 aliphatic rings. The highest BCUT2D eigenvalue weighted by Gasteiger charge is 2.29. The minimum atomic E-state index is -0.765. The van der Waals surface area contributed by atoms with Crippen LogP contribution >= 0.6 is 0 Å². The molecule has 0 spiro atoms. The summed E-state index contributed by atoms with van der Waals surface area (Å²) in [5, 5.41) is 9.45. The molecule has 0 aromatic heterocycles. The van der Waals surface area contributed by atoms with Crippen molar-refractivity contribution < 1.29 is 23.8 Å². The number of rotatable bonds is 12. The van der Waals surface area contributed by atoms with Gasteiger partial charge >= 0.3 is 5.97 Å². The summed E-state index contributed by atoms with van der Waals surface area (Å²) in [6.45, 7) is 5.62. The van der Waals surface area contributed by atoms with Crippen molar-refractivity contribution in [3.63, 3.8) is 0 Å². The Labute approximate surface area is 236 Å². The first-order valence-electron chi connectivity index (χ1n) is 14.5. The molecule has 1 saturated heterocycles. The molecule has 5 rings (SSSR count). The molecule has 1 N–H and O–H groups in total. The highest BCUT2D eigenvalue weighted by molar-refractivity contribution is 5.70. The maximum absolute atomic E-state index is 15.0. The zero-order valence-corrected chi connectivity index (χ0v) is 23.7. The van der Waals surface area contributed by atoms with Gasteiger partial charge in [-0.3, -0.25) is 9.69 Å². The van der Waals surface area contributed by atoms with Crippen molar-refractivity contribution in [2.24, 2.45) is 5.92 Å². The van der Waals surface area contributed by atoms with Crippen LogP contribution in [-0.2, 0) is 17.9 Å². The molecule has 3 aromatic rings. The Morgan fingerprint density at radius 1 is 0.975 bits per heavy atom. The van der Waals surface area contributed by atoms with Crippen LogP contribution in [0.1, 0.15) is 75.0 Å². The Morgan fingerprint density at radius 3 is 2.45 bits per heavy atom. The van der Waals surface area contributed by atoms with Gasteiger partial charge in [0.15, 0.2) is 0 Å². The molecule has 0 amide bonds. The van der Waals surface area contributed by atoms with E-state index in [1.165, 1.54) is 18.9 Å². The molecular weight excluding hydrogens is 505 g/mol. The molecule has 212 valence electrons. The summed E-state index contributed by atoms with van der Waals surface area (Å²) in [5.74, 6) is 0.963. The molecule has 3 atom stereocenters. The summed E-state index contributed by atoms with van der Waals surface area (Å²) >= 11 is 0. The van der Waals surface area contributed by atoms with Gasteiger partial charge in [-0.1, -0.05) is 43.2 Å². The van der Waals surface area contributed by atoms with Crippen molar-refractivity contribution in [2.75, 3.05) is 7.11 Å². The highest BCUT2D eigenvalue weighted by atomic mass is 19.1. The summed E-state index contributed by atoms with van der Waals surface area (Å²) in [5.41, 5.74) is 4.49. The van der Waals surface area contributed by atoms with Crippen LogP contribution in [0.4, 0.5) is 4.39 Å². The van der Waals surface area contributed by atoms with E-state index in [0.717, 1.165) is 53.8 Å². The minimum absolute atomic E-state index is 0.00152. The van der Waals surface area contributed by atoms with E-state index in [0.29, 0.717) is 35.9 Å². The molecule has 40 heavy (non-hydrogen) atoms. The van der Waals surface area contributed by atoms with Crippen LogP contribution in [0, 0.1) is 11.7 Å². The van der Waals surface area contributed by atoms with Gasteiger partial charge in [0, 0.05) is 24.2 Å². The molecule has 1 heterocycles. The van der Waals surface area contributed by atoms with E-state index >= 15 is 4.39 Å². The normalized spacial score (nSPS) is 19.9. The van der Waals surface area contributed by atoms with Gasteiger partial charge in [0.1, 0.15) is 23.9 Å². The first-order chi connectivity index (χ1) is 19.3. The Kier molecular flexibility index (Phi) is 8.75. The van der Waals surface area contributed by atoms with Crippen molar-refractivity contribution in [2.45, 2.75) is 83.5 Å². The van der Waals surface area contributed by atoms with Crippen LogP contribution in [0.25, 0.3) is 11.1 Å². The Bertz CT molecular complexity index is 1330. The molecule has 2 fully saturated rings. The number of nitrogens with zero attached hydrogens (tertiary/aromatic N) is 1. The van der Waals surface area contributed by atoms with Gasteiger partial charge in [0.05, 0.1) is 13.5 Å². The van der Waals surface area contributed by atoms with Crippen LogP contribution < -0.4 is 9.47 Å². The smallest absolute Gasteiger partial charge is 0.303 e. The fourth-order valence-corrected chi connectivity index (χ4v) is 6.05. The zero-order valence-electron chi connectivity index (χ0n) is 23.7. The number of ether oxygens (including phenoxy) is 2.